The minimum atomic E-state index is -0.900. The summed E-state index contributed by atoms with van der Waals surface area (Å²) in [5, 5.41) is 8.08. The van der Waals surface area contributed by atoms with Crippen LogP contribution >= 0.6 is 0 Å². The van der Waals surface area contributed by atoms with E-state index in [1.807, 2.05) is 0 Å². The predicted octanol–water partition coefficient (Wildman–Crippen LogP) is 3.13. The Morgan fingerprint density at radius 3 is 1.61 bits per heavy atom. The van der Waals surface area contributed by atoms with Gasteiger partial charge in [-0.15, -0.1) is 0 Å². The zero-order chi connectivity index (χ0) is 15.1. The second kappa shape index (κ2) is 14.9. The first kappa shape index (κ1) is 21.2. The number of esters is 1. The van der Waals surface area contributed by atoms with E-state index < -0.39 is 5.97 Å². The Morgan fingerprint density at radius 2 is 1.61 bits per heavy atom. The molecule has 0 saturated carbocycles. The lowest BCUT2D eigenvalue weighted by atomic mass is 10.2. The number of carbonyl (C=O) groups is 2. The normalized spacial score (nSPS) is 7.28. The molecule has 0 radical (unpaired) electrons. The average Bonchev–Trinajstić information content (AvgIpc) is 2.37. The number of aliphatic carboxylic acids is 1. The number of methoxy groups -OCH3 is 1. The number of carboxylic acid groups (broad SMARTS) is 1. The van der Waals surface area contributed by atoms with Crippen molar-refractivity contribution in [1.82, 2.24) is 0 Å². The summed E-state index contributed by atoms with van der Waals surface area (Å²) in [7, 11) is 1.33. The lowest BCUT2D eigenvalue weighted by molar-refractivity contribution is -0.136. The van der Waals surface area contributed by atoms with Crippen molar-refractivity contribution in [2.24, 2.45) is 0 Å². The van der Waals surface area contributed by atoms with Crippen LogP contribution in [0, 0.1) is 0 Å². The van der Waals surface area contributed by atoms with E-state index >= 15 is 0 Å². The molecule has 0 saturated heterocycles. The van der Waals surface area contributed by atoms with E-state index in [1.54, 1.807) is 26.0 Å². The maximum atomic E-state index is 10.2. The van der Waals surface area contributed by atoms with Gasteiger partial charge >= 0.3 is 11.9 Å². The van der Waals surface area contributed by atoms with Crippen LogP contribution in [-0.4, -0.2) is 24.2 Å². The van der Waals surface area contributed by atoms with Gasteiger partial charge in [-0.2, -0.15) is 0 Å². The van der Waals surface area contributed by atoms with Crippen LogP contribution in [0.15, 0.2) is 49.6 Å². The zero-order valence-electron chi connectivity index (χ0n) is 11.4. The van der Waals surface area contributed by atoms with E-state index in [2.05, 4.69) is 31.1 Å². The Morgan fingerprint density at radius 1 is 1.22 bits per heavy atom. The molecule has 0 aliphatic rings. The highest BCUT2D eigenvalue weighted by atomic mass is 16.5. The molecule has 18 heavy (non-hydrogen) atoms. The molecule has 0 heterocycles. The number of allylic oxidation sites excluding steroid dienone is 2. The highest BCUT2D eigenvalue weighted by Crippen LogP contribution is 1.93. The Balaban J connectivity index is -0.000000196. The standard InChI is InChI=1S/2C5H8O2.C4H6/c1-4(2)5(6)7-3;1-3-4(2)5(6)7;1-3-4-2/h1H2,2-3H3;2-3H2,1H3,(H,6,7);3-4H,1-2H2. The summed E-state index contributed by atoms with van der Waals surface area (Å²) in [5.74, 6) is -1.25. The van der Waals surface area contributed by atoms with Crippen LogP contribution in [0.25, 0.3) is 0 Å². The van der Waals surface area contributed by atoms with Gasteiger partial charge in [0.05, 0.1) is 7.11 Å². The first-order chi connectivity index (χ1) is 8.28. The van der Waals surface area contributed by atoms with Crippen LogP contribution < -0.4 is 0 Å². The van der Waals surface area contributed by atoms with Gasteiger partial charge in [-0.1, -0.05) is 45.4 Å². The Labute approximate surface area is 109 Å². The van der Waals surface area contributed by atoms with Gasteiger partial charge in [0.1, 0.15) is 0 Å². The van der Waals surface area contributed by atoms with Crippen LogP contribution in [0.2, 0.25) is 0 Å². The molecule has 0 spiro atoms. The highest BCUT2D eigenvalue weighted by molar-refractivity contribution is 5.86. The van der Waals surface area contributed by atoms with Gasteiger partial charge in [0.2, 0.25) is 0 Å². The molecule has 0 aliphatic heterocycles. The molecule has 0 aromatic rings. The van der Waals surface area contributed by atoms with Crippen molar-refractivity contribution in [2.75, 3.05) is 7.11 Å². The van der Waals surface area contributed by atoms with Crippen LogP contribution in [0.5, 0.6) is 0 Å². The van der Waals surface area contributed by atoms with E-state index in [1.165, 1.54) is 7.11 Å². The van der Waals surface area contributed by atoms with E-state index in [4.69, 9.17) is 5.11 Å². The van der Waals surface area contributed by atoms with Gasteiger partial charge in [-0.05, 0) is 13.3 Å². The smallest absolute Gasteiger partial charge is 0.332 e. The predicted molar refractivity (Wildman–Crippen MR) is 74.3 cm³/mol. The second-order valence-corrected chi connectivity index (χ2v) is 3.01. The summed E-state index contributed by atoms with van der Waals surface area (Å²) in [6.45, 7) is 16.7. The fraction of sp³-hybridized carbons (Fsp3) is 0.286. The quantitative estimate of drug-likeness (QED) is 0.475. The van der Waals surface area contributed by atoms with Crippen LogP contribution in [0.3, 0.4) is 0 Å². The molecule has 0 aliphatic carbocycles. The summed E-state index contributed by atoms with van der Waals surface area (Å²) < 4.78 is 4.27. The van der Waals surface area contributed by atoms with Gasteiger partial charge in [-0.25, -0.2) is 9.59 Å². The number of hydrogen-bond acceptors (Lipinski definition) is 3. The molecule has 0 fully saturated rings. The lowest BCUT2D eigenvalue weighted by Crippen LogP contribution is -1.98. The number of rotatable bonds is 4. The molecule has 4 heteroatoms. The van der Waals surface area contributed by atoms with Gasteiger partial charge in [0.25, 0.3) is 0 Å². The monoisotopic (exact) mass is 254 g/mol. The molecule has 4 nitrogen and oxygen atoms in total. The largest absolute Gasteiger partial charge is 0.478 e. The maximum absolute atomic E-state index is 10.2. The minimum absolute atomic E-state index is 0.264. The molecule has 1 N–H and O–H groups in total. The number of carboxylic acids is 1. The fourth-order valence-corrected chi connectivity index (χ4v) is 0.325. The van der Waals surface area contributed by atoms with Crippen molar-refractivity contribution in [2.45, 2.75) is 20.3 Å². The molecule has 0 atom stereocenters. The third kappa shape index (κ3) is 19.5. The molecular weight excluding hydrogens is 232 g/mol. The Kier molecular flexibility index (Phi) is 17.6. The van der Waals surface area contributed by atoms with Gasteiger partial charge < -0.3 is 9.84 Å². The number of ether oxygens (including phenoxy) is 1. The summed E-state index contributed by atoms with van der Waals surface area (Å²) >= 11 is 0. The number of carbonyl (C=O) groups excluding carboxylic acids is 1. The third-order valence-electron chi connectivity index (χ3n) is 1.43. The molecular formula is C14H22O4. The zero-order valence-corrected chi connectivity index (χ0v) is 11.4. The first-order valence-electron chi connectivity index (χ1n) is 5.16. The van der Waals surface area contributed by atoms with Crippen molar-refractivity contribution in [3.05, 3.63) is 49.6 Å². The highest BCUT2D eigenvalue weighted by Gasteiger charge is 1.96. The molecule has 0 aromatic carbocycles. The summed E-state index contributed by atoms with van der Waals surface area (Å²) in [4.78, 5) is 20.0. The summed E-state index contributed by atoms with van der Waals surface area (Å²) in [6, 6.07) is 0. The van der Waals surface area contributed by atoms with Crippen molar-refractivity contribution in [3.8, 4) is 0 Å². The van der Waals surface area contributed by atoms with Crippen molar-refractivity contribution in [1.29, 1.82) is 0 Å². The lowest BCUT2D eigenvalue weighted by Gasteiger charge is -1.91. The van der Waals surface area contributed by atoms with Gasteiger partial charge in [0, 0.05) is 11.1 Å². The van der Waals surface area contributed by atoms with Crippen molar-refractivity contribution < 1.29 is 19.4 Å². The van der Waals surface area contributed by atoms with Crippen molar-refractivity contribution >= 4 is 11.9 Å². The van der Waals surface area contributed by atoms with E-state index in [-0.39, 0.29) is 11.5 Å². The third-order valence-corrected chi connectivity index (χ3v) is 1.43. The average molecular weight is 254 g/mol. The van der Waals surface area contributed by atoms with Crippen LogP contribution in [-0.2, 0) is 14.3 Å². The van der Waals surface area contributed by atoms with E-state index in [0.717, 1.165) is 0 Å². The number of hydrogen-bond donors (Lipinski definition) is 1. The minimum Gasteiger partial charge on any atom is -0.478 e. The Bertz CT molecular complexity index is 282. The maximum Gasteiger partial charge on any atom is 0.332 e. The Hall–Kier alpha value is -2.10. The molecule has 0 unspecified atom stereocenters. The SMILES string of the molecule is C=C(C)C(=O)OC.C=C(CC)C(=O)O.C=CC=C. The molecule has 102 valence electrons. The molecule has 0 amide bonds. The van der Waals surface area contributed by atoms with Crippen LogP contribution in [0.4, 0.5) is 0 Å². The molecule has 0 bridgehead atoms. The first-order valence-corrected chi connectivity index (χ1v) is 5.16. The van der Waals surface area contributed by atoms with Gasteiger partial charge in [-0.3, -0.25) is 0 Å². The topological polar surface area (TPSA) is 63.6 Å². The fourth-order valence-electron chi connectivity index (χ4n) is 0.325. The molecule has 0 aromatic heterocycles. The second-order valence-electron chi connectivity index (χ2n) is 3.01. The van der Waals surface area contributed by atoms with Crippen molar-refractivity contribution in [3.63, 3.8) is 0 Å². The van der Waals surface area contributed by atoms with E-state index in [0.29, 0.717) is 12.0 Å². The summed E-state index contributed by atoms with van der Waals surface area (Å²) in [6.07, 6.45) is 3.80. The van der Waals surface area contributed by atoms with Crippen LogP contribution in [0.1, 0.15) is 20.3 Å². The van der Waals surface area contributed by atoms with Gasteiger partial charge in [0.15, 0.2) is 0 Å². The summed E-state index contributed by atoms with van der Waals surface area (Å²) in [5.41, 5.74) is 0.697. The van der Waals surface area contributed by atoms with E-state index in [9.17, 15) is 9.59 Å². The molecule has 0 rings (SSSR count).